The molecule has 1 heterocycles. The Labute approximate surface area is 141 Å². The number of carboxylic acids is 1. The summed E-state index contributed by atoms with van der Waals surface area (Å²) in [6, 6.07) is -1.11. The van der Waals surface area contributed by atoms with E-state index < -0.39 is 41.3 Å². The second-order valence-corrected chi connectivity index (χ2v) is 7.07. The molecular weight excluding hydrogens is 318 g/mol. The standard InChI is InChI=1S/C15H27N3O6/c1-9(19)10(11(16)20)17-8-15(12(21)22)6-5-7-18(15)13(23)24-14(2,3)4/h9-10,17,19H,5-8H2,1-4H3,(H2,16,20)(H,21,22)/t9?,10?,15-/m0/s1. The maximum absolute atomic E-state index is 12.4. The van der Waals surface area contributed by atoms with Gasteiger partial charge in [0.25, 0.3) is 0 Å². The predicted molar refractivity (Wildman–Crippen MR) is 85.2 cm³/mol. The highest BCUT2D eigenvalue weighted by molar-refractivity contribution is 5.86. The van der Waals surface area contributed by atoms with E-state index in [0.29, 0.717) is 6.42 Å². The van der Waals surface area contributed by atoms with Crippen molar-refractivity contribution in [2.24, 2.45) is 5.73 Å². The first-order valence-corrected chi connectivity index (χ1v) is 7.85. The van der Waals surface area contributed by atoms with Gasteiger partial charge in [-0.15, -0.1) is 0 Å². The van der Waals surface area contributed by atoms with Crippen LogP contribution in [0.25, 0.3) is 0 Å². The van der Waals surface area contributed by atoms with Gasteiger partial charge in [-0.25, -0.2) is 9.59 Å². The highest BCUT2D eigenvalue weighted by Gasteiger charge is 2.51. The van der Waals surface area contributed by atoms with Crippen molar-refractivity contribution in [2.45, 2.75) is 63.8 Å². The van der Waals surface area contributed by atoms with Crippen molar-refractivity contribution < 1.29 is 29.3 Å². The van der Waals surface area contributed by atoms with Gasteiger partial charge >= 0.3 is 12.1 Å². The topological polar surface area (TPSA) is 142 Å². The normalized spacial score (nSPS) is 23.6. The highest BCUT2D eigenvalue weighted by Crippen LogP contribution is 2.31. The molecule has 1 fully saturated rings. The molecule has 3 atom stereocenters. The van der Waals surface area contributed by atoms with Crippen molar-refractivity contribution in [1.82, 2.24) is 10.2 Å². The first kappa shape index (κ1) is 20.2. The van der Waals surface area contributed by atoms with Gasteiger partial charge in [0.05, 0.1) is 6.10 Å². The summed E-state index contributed by atoms with van der Waals surface area (Å²) in [5.74, 6) is -2.00. The molecule has 0 saturated carbocycles. The van der Waals surface area contributed by atoms with E-state index >= 15 is 0 Å². The lowest BCUT2D eigenvalue weighted by Crippen LogP contribution is -2.62. The monoisotopic (exact) mass is 345 g/mol. The van der Waals surface area contributed by atoms with Crippen LogP contribution in [0, 0.1) is 0 Å². The number of aliphatic hydroxyl groups is 1. The fourth-order valence-electron chi connectivity index (χ4n) is 2.73. The molecule has 1 aliphatic heterocycles. The third kappa shape index (κ3) is 4.57. The number of aliphatic carboxylic acids is 1. The van der Waals surface area contributed by atoms with Crippen molar-refractivity contribution in [3.05, 3.63) is 0 Å². The Morgan fingerprint density at radius 1 is 1.38 bits per heavy atom. The zero-order valence-electron chi connectivity index (χ0n) is 14.5. The summed E-state index contributed by atoms with van der Waals surface area (Å²) in [4.78, 5) is 36.8. The smallest absolute Gasteiger partial charge is 0.411 e. The van der Waals surface area contributed by atoms with Gasteiger partial charge in [-0.3, -0.25) is 9.69 Å². The zero-order chi connectivity index (χ0) is 18.7. The molecule has 1 rings (SSSR count). The average Bonchev–Trinajstić information content (AvgIpc) is 2.81. The number of nitrogens with zero attached hydrogens (tertiary/aromatic N) is 1. The molecule has 24 heavy (non-hydrogen) atoms. The van der Waals surface area contributed by atoms with E-state index in [1.807, 2.05) is 0 Å². The molecule has 5 N–H and O–H groups in total. The molecule has 2 amide bonds. The van der Waals surface area contributed by atoms with E-state index in [2.05, 4.69) is 5.32 Å². The number of carbonyl (C=O) groups is 3. The molecular formula is C15H27N3O6. The van der Waals surface area contributed by atoms with Gasteiger partial charge in [0.2, 0.25) is 5.91 Å². The quantitative estimate of drug-likeness (QED) is 0.516. The predicted octanol–water partition coefficient (Wildman–Crippen LogP) is -0.335. The van der Waals surface area contributed by atoms with Crippen molar-refractivity contribution in [3.8, 4) is 0 Å². The van der Waals surface area contributed by atoms with Crippen LogP contribution in [0.1, 0.15) is 40.5 Å². The minimum atomic E-state index is -1.55. The fraction of sp³-hybridized carbons (Fsp3) is 0.800. The maximum Gasteiger partial charge on any atom is 0.411 e. The Kier molecular flexibility index (Phi) is 6.18. The Balaban J connectivity index is 2.99. The van der Waals surface area contributed by atoms with E-state index in [4.69, 9.17) is 10.5 Å². The number of rotatable bonds is 6. The Bertz CT molecular complexity index is 502. The minimum Gasteiger partial charge on any atom is -0.479 e. The molecule has 9 nitrogen and oxygen atoms in total. The van der Waals surface area contributed by atoms with E-state index in [1.165, 1.54) is 6.92 Å². The highest BCUT2D eigenvalue weighted by atomic mass is 16.6. The van der Waals surface area contributed by atoms with Crippen LogP contribution in [0.15, 0.2) is 0 Å². The number of aliphatic hydroxyl groups excluding tert-OH is 1. The number of hydrogen-bond donors (Lipinski definition) is 4. The molecule has 0 radical (unpaired) electrons. The number of hydrogen-bond acceptors (Lipinski definition) is 6. The van der Waals surface area contributed by atoms with Crippen molar-refractivity contribution in [3.63, 3.8) is 0 Å². The molecule has 0 aromatic rings. The number of primary amides is 1. The van der Waals surface area contributed by atoms with Crippen molar-refractivity contribution in [2.75, 3.05) is 13.1 Å². The van der Waals surface area contributed by atoms with E-state index in [-0.39, 0.29) is 19.5 Å². The number of likely N-dealkylation sites (tertiary alicyclic amines) is 1. The first-order valence-electron chi connectivity index (χ1n) is 7.85. The van der Waals surface area contributed by atoms with Gasteiger partial charge in [0.1, 0.15) is 11.6 Å². The summed E-state index contributed by atoms with van der Waals surface area (Å²) in [5, 5.41) is 22.0. The van der Waals surface area contributed by atoms with Gasteiger partial charge < -0.3 is 26.0 Å². The third-order valence-corrected chi connectivity index (χ3v) is 3.90. The summed E-state index contributed by atoms with van der Waals surface area (Å²) >= 11 is 0. The van der Waals surface area contributed by atoms with E-state index in [9.17, 15) is 24.6 Å². The largest absolute Gasteiger partial charge is 0.479 e. The van der Waals surface area contributed by atoms with Gasteiger partial charge in [-0.2, -0.15) is 0 Å². The number of carboxylic acid groups (broad SMARTS) is 1. The summed E-state index contributed by atoms with van der Waals surface area (Å²) in [6.07, 6.45) is -1.12. The lowest BCUT2D eigenvalue weighted by atomic mass is 9.95. The Hall–Kier alpha value is -1.87. The number of nitrogens with two attached hydrogens (primary N) is 1. The Morgan fingerprint density at radius 2 is 1.96 bits per heavy atom. The number of amides is 2. The minimum absolute atomic E-state index is 0.208. The van der Waals surface area contributed by atoms with Crippen LogP contribution < -0.4 is 11.1 Å². The van der Waals surface area contributed by atoms with Gasteiger partial charge in [0, 0.05) is 13.1 Å². The molecule has 0 aromatic heterocycles. The molecule has 0 spiro atoms. The summed E-state index contributed by atoms with van der Waals surface area (Å²) in [5.41, 5.74) is 2.90. The van der Waals surface area contributed by atoms with Crippen LogP contribution >= 0.6 is 0 Å². The van der Waals surface area contributed by atoms with Crippen LogP contribution in [0.2, 0.25) is 0 Å². The van der Waals surface area contributed by atoms with Crippen LogP contribution in [-0.4, -0.2) is 69.5 Å². The molecule has 0 bridgehead atoms. The second kappa shape index (κ2) is 7.35. The van der Waals surface area contributed by atoms with Crippen molar-refractivity contribution in [1.29, 1.82) is 0 Å². The second-order valence-electron chi connectivity index (χ2n) is 7.07. The number of ether oxygens (including phenoxy) is 1. The Morgan fingerprint density at radius 3 is 2.38 bits per heavy atom. The summed E-state index contributed by atoms with van der Waals surface area (Å²) in [6.45, 7) is 6.46. The van der Waals surface area contributed by atoms with Gasteiger partial charge in [-0.05, 0) is 40.5 Å². The molecule has 0 aliphatic carbocycles. The maximum atomic E-state index is 12.4. The molecule has 2 unspecified atom stereocenters. The zero-order valence-corrected chi connectivity index (χ0v) is 14.5. The van der Waals surface area contributed by atoms with Crippen LogP contribution in [0.5, 0.6) is 0 Å². The third-order valence-electron chi connectivity index (χ3n) is 3.90. The van der Waals surface area contributed by atoms with Crippen LogP contribution in [0.4, 0.5) is 4.79 Å². The molecule has 1 aliphatic rings. The van der Waals surface area contributed by atoms with Crippen LogP contribution in [0.3, 0.4) is 0 Å². The van der Waals surface area contributed by atoms with Crippen LogP contribution in [-0.2, 0) is 14.3 Å². The molecule has 9 heteroatoms. The lowest BCUT2D eigenvalue weighted by molar-refractivity contribution is -0.149. The first-order chi connectivity index (χ1) is 10.9. The van der Waals surface area contributed by atoms with Gasteiger partial charge in [0.15, 0.2) is 5.54 Å². The average molecular weight is 345 g/mol. The molecule has 1 saturated heterocycles. The van der Waals surface area contributed by atoms with E-state index in [0.717, 1.165) is 4.90 Å². The van der Waals surface area contributed by atoms with Gasteiger partial charge in [-0.1, -0.05) is 0 Å². The number of carbonyl (C=O) groups excluding carboxylic acids is 2. The SMILES string of the molecule is CC(O)C(NC[C@]1(C(=O)O)CCCN1C(=O)OC(C)(C)C)C(N)=O. The van der Waals surface area contributed by atoms with E-state index in [1.54, 1.807) is 20.8 Å². The summed E-state index contributed by atoms with van der Waals surface area (Å²) < 4.78 is 5.28. The molecule has 138 valence electrons. The summed E-state index contributed by atoms with van der Waals surface area (Å²) in [7, 11) is 0. The van der Waals surface area contributed by atoms with Crippen molar-refractivity contribution >= 4 is 18.0 Å². The lowest BCUT2D eigenvalue weighted by Gasteiger charge is -2.37. The molecule has 0 aromatic carbocycles. The number of nitrogens with one attached hydrogen (secondary N) is 1. The fourth-order valence-corrected chi connectivity index (χ4v) is 2.73.